The number of guanidine groups is 1. The van der Waals surface area contributed by atoms with Gasteiger partial charge in [0.2, 0.25) is 0 Å². The van der Waals surface area contributed by atoms with E-state index in [1.165, 1.54) is 0 Å². The molecule has 2 saturated heterocycles. The lowest BCUT2D eigenvalue weighted by Gasteiger charge is -2.44. The summed E-state index contributed by atoms with van der Waals surface area (Å²) in [6.07, 6.45) is 5.84. The van der Waals surface area contributed by atoms with E-state index in [0.717, 1.165) is 70.3 Å². The average molecular weight is 477 g/mol. The Morgan fingerprint density at radius 1 is 1.38 bits per heavy atom. The Hall–Kier alpha value is -0.940. The Bertz CT molecular complexity index is 549. The number of ether oxygens (including phenoxy) is 1. The molecule has 1 aromatic rings. The molecule has 0 aliphatic carbocycles. The summed E-state index contributed by atoms with van der Waals surface area (Å²) < 4.78 is 5.56. The molecule has 2 aliphatic rings. The van der Waals surface area contributed by atoms with Crippen LogP contribution in [-0.4, -0.2) is 90.5 Å². The first-order valence-electron chi connectivity index (χ1n) is 9.21. The van der Waals surface area contributed by atoms with Crippen molar-refractivity contribution in [1.82, 2.24) is 30.3 Å². The largest absolute Gasteiger partial charge is 0.381 e. The molecular formula is C17H32IN7O. The summed E-state index contributed by atoms with van der Waals surface area (Å²) in [5.74, 6) is 2.49. The molecule has 0 radical (unpaired) electrons. The molecule has 0 saturated carbocycles. The third-order valence-electron chi connectivity index (χ3n) is 5.77. The van der Waals surface area contributed by atoms with Gasteiger partial charge in [-0.1, -0.05) is 0 Å². The van der Waals surface area contributed by atoms with Gasteiger partial charge in [-0.15, -0.1) is 24.0 Å². The first-order valence-corrected chi connectivity index (χ1v) is 9.21. The average Bonchev–Trinajstić information content (AvgIpc) is 3.18. The highest BCUT2D eigenvalue weighted by Crippen LogP contribution is 2.27. The molecule has 0 atom stereocenters. The molecule has 0 amide bonds. The molecule has 3 heterocycles. The number of likely N-dealkylation sites (N-methyl/N-ethyl adjacent to an activating group) is 1. The number of aromatic amines is 1. The second kappa shape index (κ2) is 9.84. The number of nitrogens with zero attached hydrogens (tertiary/aromatic N) is 5. The first-order chi connectivity index (χ1) is 12.1. The van der Waals surface area contributed by atoms with E-state index in [4.69, 9.17) is 4.74 Å². The number of aromatic nitrogens is 3. The summed E-state index contributed by atoms with van der Waals surface area (Å²) >= 11 is 0. The fourth-order valence-corrected chi connectivity index (χ4v) is 3.89. The minimum atomic E-state index is 0. The van der Waals surface area contributed by atoms with Gasteiger partial charge in [0, 0.05) is 51.4 Å². The van der Waals surface area contributed by atoms with Gasteiger partial charge in [-0.3, -0.25) is 10.1 Å². The molecule has 2 N–H and O–H groups in total. The standard InChI is InChI=1S/C17H31N7O.HI/c1-18-16(19-12-17(23(2)3)6-10-25-11-7-17)24-8-4-14(5-9-24)15-20-13-21-22-15;/h13-14H,4-12H2,1-3H3,(H,18,19)(H,20,21,22);1H. The molecular weight excluding hydrogens is 445 g/mol. The van der Waals surface area contributed by atoms with E-state index < -0.39 is 0 Å². The van der Waals surface area contributed by atoms with Crippen molar-refractivity contribution in [2.75, 3.05) is 54.0 Å². The predicted molar refractivity (Wildman–Crippen MR) is 113 cm³/mol. The third-order valence-corrected chi connectivity index (χ3v) is 5.77. The lowest BCUT2D eigenvalue weighted by Crippen LogP contribution is -2.57. The normalized spacial score (nSPS) is 21.5. The van der Waals surface area contributed by atoms with Crippen LogP contribution in [0.1, 0.15) is 37.4 Å². The van der Waals surface area contributed by atoms with Gasteiger partial charge in [0.15, 0.2) is 5.96 Å². The molecule has 148 valence electrons. The predicted octanol–water partition coefficient (Wildman–Crippen LogP) is 1.29. The highest BCUT2D eigenvalue weighted by Gasteiger charge is 2.35. The maximum atomic E-state index is 5.56. The van der Waals surface area contributed by atoms with E-state index in [1.54, 1.807) is 6.33 Å². The van der Waals surface area contributed by atoms with Crippen LogP contribution in [0, 0.1) is 0 Å². The van der Waals surface area contributed by atoms with Crippen LogP contribution in [-0.2, 0) is 4.74 Å². The van der Waals surface area contributed by atoms with Crippen LogP contribution >= 0.6 is 24.0 Å². The van der Waals surface area contributed by atoms with Gasteiger partial charge in [-0.05, 0) is 39.8 Å². The van der Waals surface area contributed by atoms with Gasteiger partial charge >= 0.3 is 0 Å². The summed E-state index contributed by atoms with van der Waals surface area (Å²) in [6.45, 7) is 4.55. The fraction of sp³-hybridized carbons (Fsp3) is 0.824. The quantitative estimate of drug-likeness (QED) is 0.387. The zero-order chi connectivity index (χ0) is 17.7. The van der Waals surface area contributed by atoms with Crippen molar-refractivity contribution < 1.29 is 4.74 Å². The third kappa shape index (κ3) is 4.86. The molecule has 0 spiro atoms. The van der Waals surface area contributed by atoms with Crippen LogP contribution in [0.4, 0.5) is 0 Å². The van der Waals surface area contributed by atoms with E-state index in [1.807, 2.05) is 7.05 Å². The van der Waals surface area contributed by atoms with Crippen molar-refractivity contribution in [3.05, 3.63) is 12.2 Å². The minimum absolute atomic E-state index is 0. The minimum Gasteiger partial charge on any atom is -0.381 e. The highest BCUT2D eigenvalue weighted by atomic mass is 127. The fourth-order valence-electron chi connectivity index (χ4n) is 3.89. The monoisotopic (exact) mass is 477 g/mol. The van der Waals surface area contributed by atoms with E-state index in [2.05, 4.69) is 49.4 Å². The summed E-state index contributed by atoms with van der Waals surface area (Å²) in [7, 11) is 6.20. The van der Waals surface area contributed by atoms with E-state index in [0.29, 0.717) is 5.92 Å². The molecule has 3 rings (SSSR count). The SMILES string of the molecule is CN=C(NCC1(N(C)C)CCOCC1)N1CCC(c2ncn[nH]2)CC1.I. The van der Waals surface area contributed by atoms with Crippen molar-refractivity contribution in [3.63, 3.8) is 0 Å². The number of piperidine rings is 1. The van der Waals surface area contributed by atoms with Crippen LogP contribution in [0.15, 0.2) is 11.3 Å². The first kappa shape index (κ1) is 21.4. The van der Waals surface area contributed by atoms with Gasteiger partial charge in [0.05, 0.1) is 0 Å². The number of rotatable bonds is 4. The number of nitrogens with one attached hydrogen (secondary N) is 2. The van der Waals surface area contributed by atoms with Crippen LogP contribution in [0.5, 0.6) is 0 Å². The molecule has 2 aliphatic heterocycles. The molecule has 1 aromatic heterocycles. The highest BCUT2D eigenvalue weighted by molar-refractivity contribution is 14.0. The van der Waals surface area contributed by atoms with Gasteiger partial charge in [-0.25, -0.2) is 4.98 Å². The van der Waals surface area contributed by atoms with E-state index >= 15 is 0 Å². The Morgan fingerprint density at radius 3 is 2.62 bits per heavy atom. The van der Waals surface area contributed by atoms with Crippen molar-refractivity contribution in [3.8, 4) is 0 Å². The maximum Gasteiger partial charge on any atom is 0.193 e. The lowest BCUT2D eigenvalue weighted by atomic mass is 9.88. The van der Waals surface area contributed by atoms with Gasteiger partial charge in [-0.2, -0.15) is 5.10 Å². The smallest absolute Gasteiger partial charge is 0.193 e. The number of likely N-dealkylation sites (tertiary alicyclic amines) is 1. The Labute approximate surface area is 173 Å². The van der Waals surface area contributed by atoms with Crippen molar-refractivity contribution in [1.29, 1.82) is 0 Å². The number of hydrogen-bond donors (Lipinski definition) is 2. The lowest BCUT2D eigenvalue weighted by molar-refractivity contribution is -0.00529. The molecule has 0 bridgehead atoms. The molecule has 0 unspecified atom stereocenters. The van der Waals surface area contributed by atoms with Gasteiger partial charge in [0.1, 0.15) is 12.2 Å². The molecule has 26 heavy (non-hydrogen) atoms. The maximum absolute atomic E-state index is 5.56. The van der Waals surface area contributed by atoms with Crippen molar-refractivity contribution in [2.24, 2.45) is 4.99 Å². The number of halogens is 1. The number of aliphatic imine (C=N–C) groups is 1. The zero-order valence-electron chi connectivity index (χ0n) is 16.1. The second-order valence-corrected chi connectivity index (χ2v) is 7.26. The molecule has 8 nitrogen and oxygen atoms in total. The Morgan fingerprint density at radius 2 is 2.08 bits per heavy atom. The molecule has 2 fully saturated rings. The van der Waals surface area contributed by atoms with E-state index in [9.17, 15) is 0 Å². The molecule has 9 heteroatoms. The Balaban J connectivity index is 0.00000243. The topological polar surface area (TPSA) is 81.7 Å². The summed E-state index contributed by atoms with van der Waals surface area (Å²) in [6, 6.07) is 0. The number of H-pyrrole nitrogens is 1. The summed E-state index contributed by atoms with van der Waals surface area (Å²) in [5, 5.41) is 10.6. The van der Waals surface area contributed by atoms with Crippen molar-refractivity contribution >= 4 is 29.9 Å². The summed E-state index contributed by atoms with van der Waals surface area (Å²) in [5.41, 5.74) is 0.145. The van der Waals surface area contributed by atoms with Gasteiger partial charge < -0.3 is 19.9 Å². The van der Waals surface area contributed by atoms with Crippen LogP contribution in [0.3, 0.4) is 0 Å². The van der Waals surface area contributed by atoms with Crippen LogP contribution in [0.2, 0.25) is 0 Å². The van der Waals surface area contributed by atoms with Crippen LogP contribution in [0.25, 0.3) is 0 Å². The molecule has 0 aromatic carbocycles. The van der Waals surface area contributed by atoms with Crippen molar-refractivity contribution in [2.45, 2.75) is 37.1 Å². The zero-order valence-corrected chi connectivity index (χ0v) is 18.4. The summed E-state index contributed by atoms with van der Waals surface area (Å²) in [4.78, 5) is 13.5. The second-order valence-electron chi connectivity index (χ2n) is 7.26. The Kier molecular flexibility index (Phi) is 8.08. The van der Waals surface area contributed by atoms with Crippen LogP contribution < -0.4 is 5.32 Å². The van der Waals surface area contributed by atoms with Gasteiger partial charge in [0.25, 0.3) is 0 Å². The van der Waals surface area contributed by atoms with E-state index in [-0.39, 0.29) is 29.5 Å². The number of hydrogen-bond acceptors (Lipinski definition) is 5.